The van der Waals surface area contributed by atoms with Gasteiger partial charge in [-0.1, -0.05) is 19.0 Å². The molecule has 0 unspecified atom stereocenters. The van der Waals surface area contributed by atoms with E-state index in [0.29, 0.717) is 28.2 Å². The van der Waals surface area contributed by atoms with Crippen molar-refractivity contribution in [2.45, 2.75) is 24.9 Å². The second-order valence-electron chi connectivity index (χ2n) is 3.92. The number of thioether (sulfide) groups is 1. The molecule has 0 radical (unpaired) electrons. The number of hydrogen-bond donors (Lipinski definition) is 0. The summed E-state index contributed by atoms with van der Waals surface area (Å²) in [6.07, 6.45) is 1.49. The van der Waals surface area contributed by atoms with Gasteiger partial charge in [0, 0.05) is 6.20 Å². The average Bonchev–Trinajstić information content (AvgIpc) is 2.85. The highest BCUT2D eigenvalue weighted by Crippen LogP contribution is 2.18. The van der Waals surface area contributed by atoms with Crippen molar-refractivity contribution >= 4 is 11.8 Å². The molecule has 0 spiro atoms. The predicted octanol–water partition coefficient (Wildman–Crippen LogP) is 2.64. The molecule has 0 aliphatic rings. The molecule has 0 saturated carbocycles. The zero-order valence-electron chi connectivity index (χ0n) is 10.1. The summed E-state index contributed by atoms with van der Waals surface area (Å²) in [6, 6.07) is 5.39. The van der Waals surface area contributed by atoms with Gasteiger partial charge >= 0.3 is 0 Å². The topological polar surface area (TPSA) is 75.6 Å². The molecule has 0 aromatic carbocycles. The van der Waals surface area contributed by atoms with Gasteiger partial charge in [0.1, 0.15) is 11.8 Å². The Morgan fingerprint density at radius 1 is 1.44 bits per heavy atom. The van der Waals surface area contributed by atoms with E-state index in [0.717, 1.165) is 5.75 Å². The standard InChI is InChI=1S/C12H12N4OS/c1-8(2)18-7-11-15-12(17-16-11)10-4-3-9(5-13)6-14-10/h3-4,6,8H,7H2,1-2H3. The number of aromatic nitrogens is 3. The number of pyridine rings is 1. The Morgan fingerprint density at radius 3 is 2.89 bits per heavy atom. The maximum absolute atomic E-state index is 8.68. The minimum absolute atomic E-state index is 0.388. The van der Waals surface area contributed by atoms with Gasteiger partial charge in [0.2, 0.25) is 0 Å². The van der Waals surface area contributed by atoms with E-state index >= 15 is 0 Å². The summed E-state index contributed by atoms with van der Waals surface area (Å²) < 4.78 is 5.14. The molecule has 5 nitrogen and oxygen atoms in total. The maximum Gasteiger partial charge on any atom is 0.276 e. The van der Waals surface area contributed by atoms with E-state index in [9.17, 15) is 0 Å². The summed E-state index contributed by atoms with van der Waals surface area (Å²) in [5.41, 5.74) is 1.09. The highest BCUT2D eigenvalue weighted by Gasteiger charge is 2.10. The molecule has 2 heterocycles. The number of hydrogen-bond acceptors (Lipinski definition) is 6. The lowest BCUT2D eigenvalue weighted by molar-refractivity contribution is 0.424. The van der Waals surface area contributed by atoms with E-state index in [1.165, 1.54) is 6.20 Å². The molecule has 0 aliphatic carbocycles. The third-order valence-electron chi connectivity index (χ3n) is 2.13. The van der Waals surface area contributed by atoms with Crippen LogP contribution in [0.25, 0.3) is 11.6 Å². The second kappa shape index (κ2) is 5.65. The fourth-order valence-corrected chi connectivity index (χ4v) is 1.84. The molecule has 0 fully saturated rings. The zero-order valence-corrected chi connectivity index (χ0v) is 10.9. The summed E-state index contributed by atoms with van der Waals surface area (Å²) in [4.78, 5) is 8.37. The highest BCUT2D eigenvalue weighted by molar-refractivity contribution is 7.99. The van der Waals surface area contributed by atoms with Crippen molar-refractivity contribution in [3.05, 3.63) is 29.7 Å². The molecule has 2 aromatic heterocycles. The Balaban J connectivity index is 2.11. The molecule has 18 heavy (non-hydrogen) atoms. The molecule has 0 saturated heterocycles. The first-order chi connectivity index (χ1) is 8.69. The second-order valence-corrected chi connectivity index (χ2v) is 5.48. The van der Waals surface area contributed by atoms with E-state index in [4.69, 9.17) is 9.78 Å². The van der Waals surface area contributed by atoms with Crippen LogP contribution in [-0.4, -0.2) is 20.4 Å². The monoisotopic (exact) mass is 260 g/mol. The van der Waals surface area contributed by atoms with Crippen LogP contribution in [-0.2, 0) is 5.75 Å². The van der Waals surface area contributed by atoms with Crippen molar-refractivity contribution in [1.82, 2.24) is 15.1 Å². The van der Waals surface area contributed by atoms with Gasteiger partial charge in [0.25, 0.3) is 5.89 Å². The highest BCUT2D eigenvalue weighted by atomic mass is 32.2. The molecule has 2 rings (SSSR count). The predicted molar refractivity (Wildman–Crippen MR) is 68.7 cm³/mol. The molecule has 92 valence electrons. The van der Waals surface area contributed by atoms with Crippen LogP contribution < -0.4 is 0 Å². The fourth-order valence-electron chi connectivity index (χ4n) is 1.24. The van der Waals surface area contributed by atoms with Gasteiger partial charge in [-0.25, -0.2) is 4.98 Å². The Bertz CT molecular complexity index is 556. The molecular weight excluding hydrogens is 248 g/mol. The molecule has 0 N–H and O–H groups in total. The number of rotatable bonds is 4. The van der Waals surface area contributed by atoms with Gasteiger partial charge in [-0.2, -0.15) is 22.0 Å². The molecule has 0 bridgehead atoms. The SMILES string of the molecule is CC(C)SCc1noc(-c2ccc(C#N)cn2)n1. The van der Waals surface area contributed by atoms with Crippen LogP contribution in [0.3, 0.4) is 0 Å². The van der Waals surface area contributed by atoms with Crippen LogP contribution in [0.2, 0.25) is 0 Å². The van der Waals surface area contributed by atoms with Crippen LogP contribution in [0.1, 0.15) is 25.2 Å². The lowest BCUT2D eigenvalue weighted by Gasteiger charge is -1.99. The summed E-state index contributed by atoms with van der Waals surface area (Å²) in [6.45, 7) is 4.24. The van der Waals surface area contributed by atoms with Gasteiger partial charge in [0.15, 0.2) is 5.82 Å². The Hall–Kier alpha value is -1.87. The third-order valence-corrected chi connectivity index (χ3v) is 3.22. The molecular formula is C12H12N4OS. The van der Waals surface area contributed by atoms with Crippen molar-refractivity contribution in [3.8, 4) is 17.7 Å². The lowest BCUT2D eigenvalue weighted by atomic mass is 10.3. The van der Waals surface area contributed by atoms with Gasteiger partial charge in [-0.15, -0.1) is 0 Å². The molecule has 6 heteroatoms. The molecule has 0 atom stereocenters. The van der Waals surface area contributed by atoms with Gasteiger partial charge < -0.3 is 4.52 Å². The fraction of sp³-hybridized carbons (Fsp3) is 0.333. The molecule has 2 aromatic rings. The van der Waals surface area contributed by atoms with E-state index in [1.54, 1.807) is 23.9 Å². The smallest absolute Gasteiger partial charge is 0.276 e. The van der Waals surface area contributed by atoms with Crippen LogP contribution in [0.15, 0.2) is 22.9 Å². The molecule has 0 amide bonds. The first kappa shape index (κ1) is 12.6. The minimum atomic E-state index is 0.388. The summed E-state index contributed by atoms with van der Waals surface area (Å²) in [5, 5.41) is 13.1. The van der Waals surface area contributed by atoms with Crippen LogP contribution in [0, 0.1) is 11.3 Å². The normalized spacial score (nSPS) is 10.6. The lowest BCUT2D eigenvalue weighted by Crippen LogP contribution is -1.91. The number of nitriles is 1. The van der Waals surface area contributed by atoms with Crippen LogP contribution >= 0.6 is 11.8 Å². The van der Waals surface area contributed by atoms with Gasteiger partial charge in [0.05, 0.1) is 11.3 Å². The minimum Gasteiger partial charge on any atom is -0.332 e. The van der Waals surface area contributed by atoms with Gasteiger partial charge in [-0.05, 0) is 17.4 Å². The first-order valence-electron chi connectivity index (χ1n) is 5.49. The summed E-state index contributed by atoms with van der Waals surface area (Å²) in [7, 11) is 0. The van der Waals surface area contributed by atoms with Crippen molar-refractivity contribution in [2.75, 3.05) is 0 Å². The summed E-state index contributed by atoms with van der Waals surface area (Å²) >= 11 is 1.75. The zero-order chi connectivity index (χ0) is 13.0. The van der Waals surface area contributed by atoms with E-state index in [1.807, 2.05) is 6.07 Å². The Kier molecular flexibility index (Phi) is 3.95. The van der Waals surface area contributed by atoms with Crippen LogP contribution in [0.4, 0.5) is 0 Å². The van der Waals surface area contributed by atoms with Crippen molar-refractivity contribution in [2.24, 2.45) is 0 Å². The number of nitrogens with zero attached hydrogens (tertiary/aromatic N) is 4. The molecule has 0 aliphatic heterocycles. The van der Waals surface area contributed by atoms with Crippen molar-refractivity contribution in [1.29, 1.82) is 5.26 Å². The Morgan fingerprint density at radius 2 is 2.28 bits per heavy atom. The summed E-state index contributed by atoms with van der Waals surface area (Å²) in [5.74, 6) is 1.77. The quantitative estimate of drug-likeness (QED) is 0.841. The first-order valence-corrected chi connectivity index (χ1v) is 6.54. The maximum atomic E-state index is 8.68. The Labute approximate surface area is 109 Å². The van der Waals surface area contributed by atoms with Crippen LogP contribution in [0.5, 0.6) is 0 Å². The van der Waals surface area contributed by atoms with E-state index in [-0.39, 0.29) is 0 Å². The van der Waals surface area contributed by atoms with E-state index in [2.05, 4.69) is 29.0 Å². The largest absolute Gasteiger partial charge is 0.332 e. The average molecular weight is 260 g/mol. The van der Waals surface area contributed by atoms with Crippen molar-refractivity contribution < 1.29 is 4.52 Å². The van der Waals surface area contributed by atoms with Gasteiger partial charge in [-0.3, -0.25) is 0 Å². The van der Waals surface area contributed by atoms with E-state index < -0.39 is 0 Å². The van der Waals surface area contributed by atoms with Crippen molar-refractivity contribution in [3.63, 3.8) is 0 Å². The third kappa shape index (κ3) is 3.08.